The molecule has 1 atom stereocenters. The van der Waals surface area contributed by atoms with Gasteiger partial charge in [-0.25, -0.2) is 0 Å². The number of hydrogen-bond donors (Lipinski definition) is 1. The van der Waals surface area contributed by atoms with Crippen molar-refractivity contribution in [3.05, 3.63) is 29.8 Å². The summed E-state index contributed by atoms with van der Waals surface area (Å²) >= 11 is 1.03. The lowest BCUT2D eigenvalue weighted by atomic mass is 10.2. The van der Waals surface area contributed by atoms with Gasteiger partial charge in [0.25, 0.3) is 0 Å². The Morgan fingerprint density at radius 2 is 2.13 bits per heavy atom. The van der Waals surface area contributed by atoms with Gasteiger partial charge < -0.3 is 20.0 Å². The van der Waals surface area contributed by atoms with Crippen LogP contribution in [0.15, 0.2) is 34.5 Å². The van der Waals surface area contributed by atoms with E-state index in [-0.39, 0.29) is 17.7 Å². The second-order valence-electron chi connectivity index (χ2n) is 5.06. The Morgan fingerprint density at radius 3 is 2.74 bits per heavy atom. The van der Waals surface area contributed by atoms with Gasteiger partial charge in [-0.05, 0) is 43.7 Å². The number of carbonyl (C=O) groups is 2. The summed E-state index contributed by atoms with van der Waals surface area (Å²) in [6.45, 7) is 3.90. The van der Waals surface area contributed by atoms with Crippen molar-refractivity contribution in [1.82, 2.24) is 5.32 Å². The van der Waals surface area contributed by atoms with Crippen LogP contribution < -0.4 is 15.2 Å². The van der Waals surface area contributed by atoms with E-state index in [1.54, 1.807) is 0 Å². The average molecular weight is 334 g/mol. The lowest BCUT2D eigenvalue weighted by molar-refractivity contribution is -0.305. The number of carboxylic acids is 1. The lowest BCUT2D eigenvalue weighted by Crippen LogP contribution is -2.31. The Balaban J connectivity index is 1.93. The number of carboxylic acid groups (broad SMARTS) is 1. The van der Waals surface area contributed by atoms with Crippen LogP contribution in [-0.4, -0.2) is 34.6 Å². The summed E-state index contributed by atoms with van der Waals surface area (Å²) in [6, 6.07) is 7.33. The zero-order chi connectivity index (χ0) is 16.8. The van der Waals surface area contributed by atoms with Gasteiger partial charge in [0.15, 0.2) is 5.17 Å². The zero-order valence-corrected chi connectivity index (χ0v) is 13.5. The minimum absolute atomic E-state index is 0.109. The summed E-state index contributed by atoms with van der Waals surface area (Å²) in [5.41, 5.74) is 0.825. The van der Waals surface area contributed by atoms with Crippen molar-refractivity contribution < 1.29 is 19.4 Å². The third-order valence-electron chi connectivity index (χ3n) is 2.74. The number of amides is 1. The molecule has 1 heterocycles. The summed E-state index contributed by atoms with van der Waals surface area (Å²) in [5.74, 6) is -0.901. The van der Waals surface area contributed by atoms with Crippen molar-refractivity contribution >= 4 is 35.0 Å². The van der Waals surface area contributed by atoms with Crippen LogP contribution in [0.2, 0.25) is 0 Å². The molecule has 0 saturated carbocycles. The van der Waals surface area contributed by atoms with Crippen LogP contribution in [0.3, 0.4) is 0 Å². The van der Waals surface area contributed by atoms with Gasteiger partial charge in [0.05, 0.1) is 17.6 Å². The van der Waals surface area contributed by atoms with Crippen molar-refractivity contribution in [2.24, 2.45) is 10.2 Å². The Labute approximate surface area is 137 Å². The molecule has 1 fully saturated rings. The fourth-order valence-electron chi connectivity index (χ4n) is 1.79. The molecule has 1 aliphatic heterocycles. The molecule has 8 heteroatoms. The molecular formula is C15H16N3O4S-. The van der Waals surface area contributed by atoms with Crippen LogP contribution in [0.5, 0.6) is 5.75 Å². The molecule has 7 nitrogen and oxygen atoms in total. The number of ether oxygens (including phenoxy) is 1. The summed E-state index contributed by atoms with van der Waals surface area (Å²) < 4.78 is 5.53. The summed E-state index contributed by atoms with van der Waals surface area (Å²) in [4.78, 5) is 22.0. The largest absolute Gasteiger partial charge is 0.550 e. The molecule has 0 bridgehead atoms. The Kier molecular flexibility index (Phi) is 5.75. The van der Waals surface area contributed by atoms with Gasteiger partial charge in [0.1, 0.15) is 5.75 Å². The molecule has 0 aromatic heterocycles. The van der Waals surface area contributed by atoms with E-state index >= 15 is 0 Å². The van der Waals surface area contributed by atoms with Crippen LogP contribution in [-0.2, 0) is 9.59 Å². The van der Waals surface area contributed by atoms with Crippen LogP contribution in [0.1, 0.15) is 25.8 Å². The van der Waals surface area contributed by atoms with Gasteiger partial charge in [-0.1, -0.05) is 11.8 Å². The molecule has 122 valence electrons. The number of rotatable bonds is 6. The third kappa shape index (κ3) is 5.41. The summed E-state index contributed by atoms with van der Waals surface area (Å²) in [5, 5.41) is 20.3. The Morgan fingerprint density at radius 1 is 1.43 bits per heavy atom. The first-order valence-corrected chi connectivity index (χ1v) is 7.87. The van der Waals surface area contributed by atoms with Gasteiger partial charge in [-0.2, -0.15) is 5.10 Å². The molecule has 1 aliphatic rings. The second kappa shape index (κ2) is 7.77. The molecule has 1 N–H and O–H groups in total. The molecule has 1 aromatic carbocycles. The number of amidine groups is 1. The van der Waals surface area contributed by atoms with E-state index in [1.807, 2.05) is 38.1 Å². The highest BCUT2D eigenvalue weighted by Gasteiger charge is 2.30. The van der Waals surface area contributed by atoms with E-state index in [0.29, 0.717) is 0 Å². The maximum absolute atomic E-state index is 11.5. The first-order chi connectivity index (χ1) is 10.9. The SMILES string of the molecule is CC(C)Oc1ccc(/C=N\N=C2/NC(=O)[C@@H](CC(=O)[O-])S2)cc1. The molecule has 0 unspecified atom stereocenters. The minimum atomic E-state index is -1.27. The van der Waals surface area contributed by atoms with Crippen LogP contribution in [0.25, 0.3) is 0 Å². The highest BCUT2D eigenvalue weighted by Crippen LogP contribution is 2.22. The van der Waals surface area contributed by atoms with Crippen LogP contribution in [0, 0.1) is 0 Å². The molecule has 1 saturated heterocycles. The molecule has 1 aromatic rings. The first-order valence-electron chi connectivity index (χ1n) is 6.99. The average Bonchev–Trinajstić information content (AvgIpc) is 2.80. The smallest absolute Gasteiger partial charge is 0.239 e. The van der Waals surface area contributed by atoms with Gasteiger partial charge >= 0.3 is 0 Å². The van der Waals surface area contributed by atoms with E-state index in [2.05, 4.69) is 15.5 Å². The van der Waals surface area contributed by atoms with Gasteiger partial charge in [0, 0.05) is 12.4 Å². The molecule has 23 heavy (non-hydrogen) atoms. The molecule has 2 rings (SSSR count). The molecule has 1 amide bonds. The third-order valence-corrected chi connectivity index (χ3v) is 3.81. The number of aliphatic carboxylic acids is 1. The van der Waals surface area contributed by atoms with Crippen molar-refractivity contribution in [3.63, 3.8) is 0 Å². The molecule has 0 spiro atoms. The Hall–Kier alpha value is -2.35. The molecule has 0 radical (unpaired) electrons. The van der Waals surface area contributed by atoms with E-state index in [0.717, 1.165) is 23.1 Å². The lowest BCUT2D eigenvalue weighted by Gasteiger charge is -2.08. The number of carbonyl (C=O) groups excluding carboxylic acids is 2. The summed E-state index contributed by atoms with van der Waals surface area (Å²) in [7, 11) is 0. The van der Waals surface area contributed by atoms with E-state index in [9.17, 15) is 14.7 Å². The van der Waals surface area contributed by atoms with Crippen LogP contribution in [0.4, 0.5) is 0 Å². The normalized spacial score (nSPS) is 19.5. The highest BCUT2D eigenvalue weighted by atomic mass is 32.2. The van der Waals surface area contributed by atoms with Crippen molar-refractivity contribution in [3.8, 4) is 5.75 Å². The number of nitrogens with zero attached hydrogens (tertiary/aromatic N) is 2. The van der Waals surface area contributed by atoms with E-state index in [1.165, 1.54) is 6.21 Å². The van der Waals surface area contributed by atoms with Crippen molar-refractivity contribution in [2.45, 2.75) is 31.6 Å². The standard InChI is InChI=1S/C15H17N3O4S/c1-9(2)22-11-5-3-10(4-6-11)8-16-18-15-17-14(21)12(23-15)7-13(19)20/h3-6,8-9,12H,7H2,1-2H3,(H,19,20)(H,17,18,21)/p-1/b16-8-/t12-/m1/s1. The second-order valence-corrected chi connectivity index (χ2v) is 6.25. The van der Waals surface area contributed by atoms with Crippen LogP contribution >= 0.6 is 11.8 Å². The number of nitrogens with one attached hydrogen (secondary N) is 1. The van der Waals surface area contributed by atoms with Gasteiger partial charge in [-0.3, -0.25) is 4.79 Å². The van der Waals surface area contributed by atoms with Gasteiger partial charge in [0.2, 0.25) is 5.91 Å². The predicted molar refractivity (Wildman–Crippen MR) is 86.4 cm³/mol. The van der Waals surface area contributed by atoms with E-state index < -0.39 is 17.1 Å². The van der Waals surface area contributed by atoms with E-state index in [4.69, 9.17) is 4.74 Å². The fraction of sp³-hybridized carbons (Fsp3) is 0.333. The first kappa shape index (κ1) is 17.0. The number of thioether (sulfide) groups is 1. The fourth-order valence-corrected chi connectivity index (χ4v) is 2.70. The maximum Gasteiger partial charge on any atom is 0.239 e. The highest BCUT2D eigenvalue weighted by molar-refractivity contribution is 8.15. The summed E-state index contributed by atoms with van der Waals surface area (Å²) in [6.07, 6.45) is 1.29. The topological polar surface area (TPSA) is 103 Å². The molecule has 0 aliphatic carbocycles. The van der Waals surface area contributed by atoms with Gasteiger partial charge in [-0.15, -0.1) is 5.10 Å². The zero-order valence-electron chi connectivity index (χ0n) is 12.7. The number of hydrogen-bond acceptors (Lipinski definition) is 7. The van der Waals surface area contributed by atoms with Crippen molar-refractivity contribution in [1.29, 1.82) is 0 Å². The van der Waals surface area contributed by atoms with Crippen molar-refractivity contribution in [2.75, 3.05) is 0 Å². The minimum Gasteiger partial charge on any atom is -0.550 e. The molecular weight excluding hydrogens is 318 g/mol. The monoisotopic (exact) mass is 334 g/mol. The Bertz CT molecular complexity index is 641. The quantitative estimate of drug-likeness (QED) is 0.604. The maximum atomic E-state index is 11.5. The number of benzene rings is 1. The predicted octanol–water partition coefficient (Wildman–Crippen LogP) is 0.535.